The average Bonchev–Trinajstić information content (AvgIpc) is 3.19. The molecule has 2 aliphatic heterocycles. The van der Waals surface area contributed by atoms with Crippen LogP contribution in [0.25, 0.3) is 5.69 Å². The maximum atomic E-state index is 13.4. The molecule has 1 amide bonds. The van der Waals surface area contributed by atoms with Gasteiger partial charge in [-0.3, -0.25) is 4.79 Å². The molecule has 2 aromatic carbocycles. The minimum atomic E-state index is -0.304. The van der Waals surface area contributed by atoms with Crippen LogP contribution >= 0.6 is 0 Å². The molecule has 1 fully saturated rings. The van der Waals surface area contributed by atoms with Gasteiger partial charge >= 0.3 is 0 Å². The summed E-state index contributed by atoms with van der Waals surface area (Å²) in [4.78, 5) is 19.3. The molecule has 5 rings (SSSR count). The summed E-state index contributed by atoms with van der Waals surface area (Å²) < 4.78 is 15.6. The van der Waals surface area contributed by atoms with Crippen LogP contribution in [0.2, 0.25) is 0 Å². The van der Waals surface area contributed by atoms with Crippen LogP contribution in [-0.4, -0.2) is 33.4 Å². The first-order valence-corrected chi connectivity index (χ1v) is 10.0. The molecule has 5 nitrogen and oxygen atoms in total. The molecular formula is C23H23FN4O. The first kappa shape index (κ1) is 18.1. The van der Waals surface area contributed by atoms with Gasteiger partial charge in [0.05, 0.1) is 17.6 Å². The van der Waals surface area contributed by atoms with Crippen molar-refractivity contribution in [3.8, 4) is 5.69 Å². The zero-order valence-electron chi connectivity index (χ0n) is 16.1. The van der Waals surface area contributed by atoms with E-state index in [1.807, 2.05) is 23.4 Å². The van der Waals surface area contributed by atoms with Crippen molar-refractivity contribution >= 4 is 5.91 Å². The molecule has 1 aromatic heterocycles. The Morgan fingerprint density at radius 3 is 2.79 bits per heavy atom. The standard InChI is InChI=1S/C23H23FN4O/c24-19-6-3-4-17(14-19)15-21(29)27-11-8-23(9-12-27)22-25-10-13-28(22)20-7-2-1-5-18(20)16-26-23/h1-7,10,13-14,26H,8-9,11-12,15-16H2. The Balaban J connectivity index is 1.34. The van der Waals surface area contributed by atoms with E-state index in [9.17, 15) is 9.18 Å². The fourth-order valence-corrected chi connectivity index (χ4v) is 4.56. The Hall–Kier alpha value is -2.99. The van der Waals surface area contributed by atoms with Crippen LogP contribution in [0.4, 0.5) is 4.39 Å². The van der Waals surface area contributed by atoms with Gasteiger partial charge in [-0.25, -0.2) is 9.37 Å². The Morgan fingerprint density at radius 2 is 1.97 bits per heavy atom. The molecule has 0 bridgehead atoms. The number of rotatable bonds is 2. The molecule has 0 aliphatic carbocycles. The van der Waals surface area contributed by atoms with Crippen molar-refractivity contribution in [3.05, 3.63) is 83.7 Å². The molecule has 0 radical (unpaired) electrons. The van der Waals surface area contributed by atoms with E-state index < -0.39 is 0 Å². The minimum absolute atomic E-state index is 0.0469. The second kappa shape index (κ2) is 7.12. The number of carbonyl (C=O) groups excluding carboxylic acids is 1. The number of piperidine rings is 1. The quantitative estimate of drug-likeness (QED) is 0.731. The predicted molar refractivity (Wildman–Crippen MR) is 108 cm³/mol. The zero-order valence-corrected chi connectivity index (χ0v) is 16.1. The first-order valence-electron chi connectivity index (χ1n) is 10.0. The number of halogens is 1. The number of fused-ring (bicyclic) bond motifs is 4. The SMILES string of the molecule is O=C(Cc1cccc(F)c1)N1CCC2(CC1)NCc1ccccc1-n1ccnc12. The Bertz CT molecular complexity index is 1050. The molecule has 0 unspecified atom stereocenters. The third-order valence-electron chi connectivity index (χ3n) is 6.15. The smallest absolute Gasteiger partial charge is 0.226 e. The minimum Gasteiger partial charge on any atom is -0.342 e. The van der Waals surface area contributed by atoms with Crippen LogP contribution in [0.3, 0.4) is 0 Å². The lowest BCUT2D eigenvalue weighted by Crippen LogP contribution is -2.52. The predicted octanol–water partition coefficient (Wildman–Crippen LogP) is 3.18. The van der Waals surface area contributed by atoms with Gasteiger partial charge in [-0.2, -0.15) is 0 Å². The van der Waals surface area contributed by atoms with Gasteiger partial charge in [0.2, 0.25) is 5.91 Å². The molecule has 1 saturated heterocycles. The third-order valence-corrected chi connectivity index (χ3v) is 6.15. The van der Waals surface area contributed by atoms with Gasteiger partial charge in [0.1, 0.15) is 11.6 Å². The van der Waals surface area contributed by atoms with E-state index in [0.29, 0.717) is 18.7 Å². The second-order valence-electron chi connectivity index (χ2n) is 7.87. The summed E-state index contributed by atoms with van der Waals surface area (Å²) in [5, 5.41) is 3.74. The van der Waals surface area contributed by atoms with Crippen molar-refractivity contribution in [2.45, 2.75) is 31.3 Å². The molecular weight excluding hydrogens is 367 g/mol. The number of nitrogens with one attached hydrogen (secondary N) is 1. The van der Waals surface area contributed by atoms with Crippen molar-refractivity contribution in [1.29, 1.82) is 0 Å². The van der Waals surface area contributed by atoms with Gasteiger partial charge in [0.25, 0.3) is 0 Å². The normalized spacial score (nSPS) is 17.5. The van der Waals surface area contributed by atoms with Gasteiger partial charge in [-0.15, -0.1) is 0 Å². The van der Waals surface area contributed by atoms with Crippen LogP contribution in [-0.2, 0) is 23.3 Å². The van der Waals surface area contributed by atoms with E-state index in [4.69, 9.17) is 4.98 Å². The highest BCUT2D eigenvalue weighted by molar-refractivity contribution is 5.79. The number of aromatic nitrogens is 2. The number of para-hydroxylation sites is 1. The first-order chi connectivity index (χ1) is 14.1. The number of benzene rings is 2. The van der Waals surface area contributed by atoms with Gasteiger partial charge in [0.15, 0.2) is 0 Å². The van der Waals surface area contributed by atoms with Gasteiger partial charge in [0, 0.05) is 32.0 Å². The van der Waals surface area contributed by atoms with E-state index in [1.54, 1.807) is 12.1 Å². The summed E-state index contributed by atoms with van der Waals surface area (Å²) in [6.07, 6.45) is 5.70. The summed E-state index contributed by atoms with van der Waals surface area (Å²) >= 11 is 0. The fourth-order valence-electron chi connectivity index (χ4n) is 4.56. The maximum Gasteiger partial charge on any atom is 0.226 e. The van der Waals surface area contributed by atoms with Crippen molar-refractivity contribution in [2.75, 3.05) is 13.1 Å². The highest BCUT2D eigenvalue weighted by Crippen LogP contribution is 2.36. The largest absolute Gasteiger partial charge is 0.342 e. The maximum absolute atomic E-state index is 13.4. The molecule has 0 atom stereocenters. The van der Waals surface area contributed by atoms with Gasteiger partial charge < -0.3 is 14.8 Å². The van der Waals surface area contributed by atoms with E-state index in [2.05, 4.69) is 28.1 Å². The monoisotopic (exact) mass is 390 g/mol. The molecule has 2 aliphatic rings. The van der Waals surface area contributed by atoms with Crippen LogP contribution in [0.5, 0.6) is 0 Å². The number of carbonyl (C=O) groups is 1. The lowest BCUT2D eigenvalue weighted by Gasteiger charge is -2.41. The van der Waals surface area contributed by atoms with Crippen LogP contribution in [0.1, 0.15) is 29.8 Å². The summed E-state index contributed by atoms with van der Waals surface area (Å²) in [6.45, 7) is 2.09. The Labute approximate surface area is 169 Å². The fraction of sp³-hybridized carbons (Fsp3) is 0.304. The van der Waals surface area contributed by atoms with Crippen molar-refractivity contribution in [3.63, 3.8) is 0 Å². The van der Waals surface area contributed by atoms with E-state index >= 15 is 0 Å². The Morgan fingerprint density at radius 1 is 1.14 bits per heavy atom. The summed E-state index contributed by atoms with van der Waals surface area (Å²) in [7, 11) is 0. The summed E-state index contributed by atoms with van der Waals surface area (Å²) in [5.74, 6) is 0.757. The zero-order chi connectivity index (χ0) is 19.8. The average molecular weight is 390 g/mol. The van der Waals surface area contributed by atoms with Crippen LogP contribution in [0, 0.1) is 5.82 Å². The molecule has 3 heterocycles. The Kier molecular flexibility index (Phi) is 4.43. The number of hydrogen-bond donors (Lipinski definition) is 1. The van der Waals surface area contributed by atoms with Crippen molar-refractivity contribution in [2.24, 2.45) is 0 Å². The van der Waals surface area contributed by atoms with Gasteiger partial charge in [-0.1, -0.05) is 30.3 Å². The topological polar surface area (TPSA) is 50.2 Å². The molecule has 3 aromatic rings. The number of imidazole rings is 1. The molecule has 6 heteroatoms. The lowest BCUT2D eigenvalue weighted by atomic mass is 9.86. The molecule has 29 heavy (non-hydrogen) atoms. The number of likely N-dealkylation sites (tertiary alicyclic amines) is 1. The third kappa shape index (κ3) is 3.23. The lowest BCUT2D eigenvalue weighted by molar-refractivity contribution is -0.132. The number of nitrogens with zero attached hydrogens (tertiary/aromatic N) is 3. The van der Waals surface area contributed by atoms with E-state index in [-0.39, 0.29) is 23.7 Å². The highest BCUT2D eigenvalue weighted by atomic mass is 19.1. The van der Waals surface area contributed by atoms with Crippen molar-refractivity contribution in [1.82, 2.24) is 19.8 Å². The summed E-state index contributed by atoms with van der Waals surface area (Å²) in [6, 6.07) is 14.7. The van der Waals surface area contributed by atoms with Crippen LogP contribution < -0.4 is 5.32 Å². The number of amides is 1. The summed E-state index contributed by atoms with van der Waals surface area (Å²) in [5.41, 5.74) is 2.87. The molecule has 148 valence electrons. The molecule has 1 N–H and O–H groups in total. The van der Waals surface area contributed by atoms with E-state index in [0.717, 1.165) is 30.9 Å². The highest BCUT2D eigenvalue weighted by Gasteiger charge is 2.41. The van der Waals surface area contributed by atoms with E-state index in [1.165, 1.54) is 17.7 Å². The molecule has 1 spiro atoms. The molecule has 0 saturated carbocycles. The number of hydrogen-bond acceptors (Lipinski definition) is 3. The van der Waals surface area contributed by atoms with Crippen LogP contribution in [0.15, 0.2) is 60.9 Å². The second-order valence-corrected chi connectivity index (χ2v) is 7.87. The van der Waals surface area contributed by atoms with Crippen molar-refractivity contribution < 1.29 is 9.18 Å². The van der Waals surface area contributed by atoms with Gasteiger partial charge in [-0.05, 0) is 42.2 Å².